The molecule has 2 aromatic carbocycles. The molecule has 2 heterocycles. The maximum absolute atomic E-state index is 12.5. The minimum atomic E-state index is -0.121. The number of nitrogens with one attached hydrogen (secondary N) is 1. The van der Waals surface area contributed by atoms with E-state index < -0.39 is 0 Å². The van der Waals surface area contributed by atoms with Gasteiger partial charge in [-0.3, -0.25) is 4.79 Å². The molecule has 0 aliphatic rings. The molecule has 0 saturated heterocycles. The highest BCUT2D eigenvalue weighted by molar-refractivity contribution is 7.99. The monoisotopic (exact) mass is 481 g/mol. The Hall–Kier alpha value is -2.91. The molecule has 0 aliphatic heterocycles. The number of hydrogen-bond donors (Lipinski definition) is 1. The van der Waals surface area contributed by atoms with E-state index in [1.165, 1.54) is 28.7 Å². The first kappa shape index (κ1) is 23.3. The highest BCUT2D eigenvalue weighted by Gasteiger charge is 2.16. The molecule has 0 unspecified atom stereocenters. The molecule has 0 radical (unpaired) electrons. The maximum Gasteiger partial charge on any atom is 0.236 e. The van der Waals surface area contributed by atoms with Gasteiger partial charge in [0, 0.05) is 6.54 Å². The van der Waals surface area contributed by atoms with E-state index in [1.807, 2.05) is 35.8 Å². The van der Waals surface area contributed by atoms with Crippen LogP contribution in [-0.2, 0) is 17.9 Å². The number of hydrogen-bond acceptors (Lipinski definition) is 7. The van der Waals surface area contributed by atoms with Crippen molar-refractivity contribution < 1.29 is 9.53 Å². The second-order valence-corrected chi connectivity index (χ2v) is 9.92. The lowest BCUT2D eigenvalue weighted by Gasteiger charge is -2.15. The Labute approximate surface area is 201 Å². The molecule has 0 atom stereocenters. The van der Waals surface area contributed by atoms with Crippen molar-refractivity contribution >= 4 is 44.4 Å². The summed E-state index contributed by atoms with van der Waals surface area (Å²) in [6, 6.07) is 14.1. The third kappa shape index (κ3) is 5.54. The van der Waals surface area contributed by atoms with Gasteiger partial charge in [-0.05, 0) is 49.1 Å². The molecular formula is C24H27N5O2S2. The minimum Gasteiger partial charge on any atom is -0.485 e. The van der Waals surface area contributed by atoms with Gasteiger partial charge < -0.3 is 14.6 Å². The summed E-state index contributed by atoms with van der Waals surface area (Å²) in [4.78, 5) is 16.9. The Bertz CT molecular complexity index is 1230. The third-order valence-corrected chi connectivity index (χ3v) is 7.05. The van der Waals surface area contributed by atoms with Crippen LogP contribution < -0.4 is 10.1 Å². The molecule has 0 aliphatic carbocycles. The van der Waals surface area contributed by atoms with Gasteiger partial charge in [0.1, 0.15) is 12.4 Å². The van der Waals surface area contributed by atoms with Crippen molar-refractivity contribution in [3.05, 3.63) is 59.4 Å². The highest BCUT2D eigenvalue weighted by atomic mass is 32.2. The summed E-state index contributed by atoms with van der Waals surface area (Å²) in [5.74, 6) is 2.08. The summed E-state index contributed by atoms with van der Waals surface area (Å²) in [6.07, 6.45) is 0. The predicted molar refractivity (Wildman–Crippen MR) is 134 cm³/mol. The molecule has 4 rings (SSSR count). The van der Waals surface area contributed by atoms with E-state index in [-0.39, 0.29) is 11.7 Å². The van der Waals surface area contributed by atoms with Gasteiger partial charge in [0.05, 0.1) is 16.0 Å². The average Bonchev–Trinajstić information content (AvgIpc) is 3.38. The quantitative estimate of drug-likeness (QED) is 0.311. The van der Waals surface area contributed by atoms with Crippen molar-refractivity contribution in [2.45, 2.75) is 51.9 Å². The zero-order chi connectivity index (χ0) is 23.4. The van der Waals surface area contributed by atoms with Crippen molar-refractivity contribution in [3.63, 3.8) is 0 Å². The topological polar surface area (TPSA) is 81.9 Å². The Balaban J connectivity index is 1.38. The molecule has 0 bridgehead atoms. The summed E-state index contributed by atoms with van der Waals surface area (Å²) in [7, 11) is 0. The number of rotatable bonds is 9. The number of fused-ring (bicyclic) bond motifs is 1. The van der Waals surface area contributed by atoms with Crippen LogP contribution in [0.15, 0.2) is 47.6 Å². The van der Waals surface area contributed by atoms with Crippen molar-refractivity contribution in [2.24, 2.45) is 0 Å². The summed E-state index contributed by atoms with van der Waals surface area (Å²) in [6.45, 7) is 9.41. The van der Waals surface area contributed by atoms with Gasteiger partial charge in [0.15, 0.2) is 16.1 Å². The van der Waals surface area contributed by atoms with E-state index in [2.05, 4.69) is 59.5 Å². The Morgan fingerprint density at radius 1 is 1.21 bits per heavy atom. The molecule has 1 N–H and O–H groups in total. The van der Waals surface area contributed by atoms with E-state index >= 15 is 0 Å². The number of carbonyl (C=O) groups is 1. The highest BCUT2D eigenvalue weighted by Crippen LogP contribution is 2.29. The smallest absolute Gasteiger partial charge is 0.236 e. The average molecular weight is 482 g/mol. The van der Waals surface area contributed by atoms with Crippen molar-refractivity contribution in [3.8, 4) is 5.75 Å². The van der Waals surface area contributed by atoms with Crippen LogP contribution >= 0.6 is 23.1 Å². The van der Waals surface area contributed by atoms with Crippen LogP contribution in [0.1, 0.15) is 43.6 Å². The number of ether oxygens (including phenoxy) is 1. The van der Waals surface area contributed by atoms with Crippen LogP contribution in [0.2, 0.25) is 0 Å². The number of anilines is 1. The van der Waals surface area contributed by atoms with Gasteiger partial charge in [-0.25, -0.2) is 4.98 Å². The number of carbonyl (C=O) groups excluding carboxylic acids is 1. The number of thioether (sulfide) groups is 1. The van der Waals surface area contributed by atoms with Crippen LogP contribution in [0.25, 0.3) is 10.2 Å². The van der Waals surface area contributed by atoms with Gasteiger partial charge in [0.2, 0.25) is 5.91 Å². The summed E-state index contributed by atoms with van der Waals surface area (Å²) in [5, 5.41) is 12.8. The SMILES string of the molecule is CCn1c(COc2cc(C)ccc2C(C)C)nnc1SCC(=O)Nc1nc2ccccc2s1. The normalized spacial score (nSPS) is 11.3. The fourth-order valence-electron chi connectivity index (χ4n) is 3.45. The van der Waals surface area contributed by atoms with Crippen LogP contribution in [0.3, 0.4) is 0 Å². The Kier molecular flexibility index (Phi) is 7.29. The van der Waals surface area contributed by atoms with Gasteiger partial charge in [0.25, 0.3) is 0 Å². The largest absolute Gasteiger partial charge is 0.485 e. The lowest BCUT2D eigenvalue weighted by Crippen LogP contribution is -2.14. The number of aryl methyl sites for hydroxylation is 1. The van der Waals surface area contributed by atoms with E-state index in [0.717, 1.165) is 27.4 Å². The van der Waals surface area contributed by atoms with Gasteiger partial charge in [-0.1, -0.05) is 61.2 Å². The zero-order valence-electron chi connectivity index (χ0n) is 19.2. The van der Waals surface area contributed by atoms with Crippen LogP contribution in [0.5, 0.6) is 5.75 Å². The fourth-order valence-corrected chi connectivity index (χ4v) is 5.15. The second kappa shape index (κ2) is 10.4. The number of benzene rings is 2. The third-order valence-electron chi connectivity index (χ3n) is 5.13. The van der Waals surface area contributed by atoms with E-state index in [4.69, 9.17) is 4.74 Å². The van der Waals surface area contributed by atoms with E-state index in [0.29, 0.717) is 29.4 Å². The van der Waals surface area contributed by atoms with E-state index in [1.54, 1.807) is 0 Å². The second-order valence-electron chi connectivity index (χ2n) is 7.95. The number of thiazole rings is 1. The Morgan fingerprint density at radius 3 is 2.79 bits per heavy atom. The van der Waals surface area contributed by atoms with Crippen LogP contribution in [-0.4, -0.2) is 31.4 Å². The summed E-state index contributed by atoms with van der Waals surface area (Å²) < 4.78 is 9.17. The van der Waals surface area contributed by atoms with Gasteiger partial charge in [-0.2, -0.15) is 0 Å². The first-order chi connectivity index (χ1) is 15.9. The molecule has 172 valence electrons. The molecule has 2 aromatic heterocycles. The predicted octanol–water partition coefficient (Wildman–Crippen LogP) is 5.65. The number of aromatic nitrogens is 4. The van der Waals surface area contributed by atoms with Gasteiger partial charge in [-0.15, -0.1) is 10.2 Å². The molecule has 9 heteroatoms. The van der Waals surface area contributed by atoms with Gasteiger partial charge >= 0.3 is 0 Å². The first-order valence-corrected chi connectivity index (χ1v) is 12.7. The molecule has 0 fully saturated rings. The lowest BCUT2D eigenvalue weighted by molar-refractivity contribution is -0.113. The first-order valence-electron chi connectivity index (χ1n) is 10.9. The molecule has 33 heavy (non-hydrogen) atoms. The van der Waals surface area contributed by atoms with E-state index in [9.17, 15) is 4.79 Å². The molecule has 0 spiro atoms. The molecule has 1 amide bonds. The van der Waals surface area contributed by atoms with Crippen molar-refractivity contribution in [1.29, 1.82) is 0 Å². The summed E-state index contributed by atoms with van der Waals surface area (Å²) >= 11 is 2.82. The Morgan fingerprint density at radius 2 is 2.03 bits per heavy atom. The zero-order valence-corrected chi connectivity index (χ0v) is 20.8. The molecule has 4 aromatic rings. The number of amides is 1. The lowest BCUT2D eigenvalue weighted by atomic mass is 10.0. The number of para-hydroxylation sites is 1. The molecule has 0 saturated carbocycles. The molecular weight excluding hydrogens is 454 g/mol. The standard InChI is InChI=1S/C24H27N5O2S2/c1-5-29-21(13-31-19-12-16(4)10-11-17(19)15(2)3)27-28-24(29)32-14-22(30)26-23-25-18-8-6-7-9-20(18)33-23/h6-12,15H,5,13-14H2,1-4H3,(H,25,26,30). The summed E-state index contributed by atoms with van der Waals surface area (Å²) in [5.41, 5.74) is 3.21. The minimum absolute atomic E-state index is 0.121. The van der Waals surface area contributed by atoms with Crippen molar-refractivity contribution in [2.75, 3.05) is 11.1 Å². The number of nitrogens with zero attached hydrogens (tertiary/aromatic N) is 4. The van der Waals surface area contributed by atoms with Crippen LogP contribution in [0.4, 0.5) is 5.13 Å². The fraction of sp³-hybridized carbons (Fsp3) is 0.333. The maximum atomic E-state index is 12.5. The van der Waals surface area contributed by atoms with Crippen molar-refractivity contribution in [1.82, 2.24) is 19.7 Å². The molecule has 7 nitrogen and oxygen atoms in total. The van der Waals surface area contributed by atoms with Crippen LogP contribution in [0, 0.1) is 6.92 Å².